The third kappa shape index (κ3) is 7.43. The highest BCUT2D eigenvalue weighted by Crippen LogP contribution is 2.22. The van der Waals surface area contributed by atoms with Crippen molar-refractivity contribution in [3.05, 3.63) is 96.1 Å². The van der Waals surface area contributed by atoms with Crippen LogP contribution in [0.2, 0.25) is 0 Å². The number of nitrogens with one attached hydrogen (secondary N) is 2. The molecule has 2 N–H and O–H groups in total. The lowest BCUT2D eigenvalue weighted by atomic mass is 9.95. The first-order valence-corrected chi connectivity index (χ1v) is 12.7. The molecule has 3 aromatic rings. The first kappa shape index (κ1) is 25.9. The predicted octanol–water partition coefficient (Wildman–Crippen LogP) is 4.82. The minimum absolute atomic E-state index is 0.00858. The van der Waals surface area contributed by atoms with Gasteiger partial charge in [0, 0.05) is 30.3 Å². The van der Waals surface area contributed by atoms with Gasteiger partial charge in [-0.15, -0.1) is 0 Å². The number of anilines is 1. The number of hydrogen-bond acceptors (Lipinski definition) is 4. The lowest BCUT2D eigenvalue weighted by Gasteiger charge is -2.32. The molecule has 1 unspecified atom stereocenters. The molecule has 1 aliphatic heterocycles. The number of piperidine rings is 1. The number of rotatable bonds is 9. The van der Waals surface area contributed by atoms with Gasteiger partial charge in [-0.25, -0.2) is 0 Å². The molecule has 1 saturated heterocycles. The fraction of sp³-hybridized carbons (Fsp3) is 0.300. The molecule has 1 heterocycles. The fourth-order valence-corrected chi connectivity index (χ4v) is 4.42. The van der Waals surface area contributed by atoms with Crippen LogP contribution in [0.5, 0.6) is 5.75 Å². The Bertz CT molecular complexity index is 1190. The number of benzene rings is 3. The summed E-state index contributed by atoms with van der Waals surface area (Å²) in [6, 6.07) is 25.8. The molecular weight excluding hydrogens is 466 g/mol. The van der Waals surface area contributed by atoms with Gasteiger partial charge in [-0.3, -0.25) is 14.4 Å². The van der Waals surface area contributed by atoms with Crippen LogP contribution in [-0.4, -0.2) is 42.3 Å². The second kappa shape index (κ2) is 12.7. The topological polar surface area (TPSA) is 87.7 Å². The van der Waals surface area contributed by atoms with Gasteiger partial charge < -0.3 is 20.3 Å². The SMILES string of the molecule is CC(NC(=O)C1CCN(C(=O)CCOc2ccccc2)CC1)c1cccc(NC(=O)c2ccccc2)c1. The van der Waals surface area contributed by atoms with Crippen LogP contribution in [0, 0.1) is 5.92 Å². The highest BCUT2D eigenvalue weighted by molar-refractivity contribution is 6.04. The highest BCUT2D eigenvalue weighted by atomic mass is 16.5. The Morgan fingerprint density at radius 1 is 0.919 bits per heavy atom. The maximum Gasteiger partial charge on any atom is 0.255 e. The van der Waals surface area contributed by atoms with E-state index in [-0.39, 0.29) is 29.7 Å². The minimum atomic E-state index is -0.212. The molecule has 0 bridgehead atoms. The maximum atomic E-state index is 12.9. The molecule has 0 aliphatic carbocycles. The van der Waals surface area contributed by atoms with Crippen LogP contribution in [-0.2, 0) is 9.59 Å². The van der Waals surface area contributed by atoms with Crippen LogP contribution in [0.15, 0.2) is 84.9 Å². The van der Waals surface area contributed by atoms with Gasteiger partial charge >= 0.3 is 0 Å². The molecule has 7 heteroatoms. The van der Waals surface area contributed by atoms with E-state index in [1.165, 1.54) is 0 Å². The summed E-state index contributed by atoms with van der Waals surface area (Å²) < 4.78 is 5.63. The molecule has 0 aromatic heterocycles. The molecule has 7 nitrogen and oxygen atoms in total. The van der Waals surface area contributed by atoms with Crippen molar-refractivity contribution in [1.29, 1.82) is 0 Å². The van der Waals surface area contributed by atoms with E-state index in [4.69, 9.17) is 4.74 Å². The summed E-state index contributed by atoms with van der Waals surface area (Å²) in [6.07, 6.45) is 1.59. The lowest BCUT2D eigenvalue weighted by Crippen LogP contribution is -2.43. The summed E-state index contributed by atoms with van der Waals surface area (Å²) in [5.41, 5.74) is 2.17. The Balaban J connectivity index is 1.22. The number of likely N-dealkylation sites (tertiary alicyclic amines) is 1. The first-order chi connectivity index (χ1) is 18.0. The van der Waals surface area contributed by atoms with E-state index in [1.54, 1.807) is 12.1 Å². The zero-order chi connectivity index (χ0) is 26.0. The molecule has 3 aromatic carbocycles. The van der Waals surface area contributed by atoms with Gasteiger partial charge in [-0.05, 0) is 61.7 Å². The number of amides is 3. The quantitative estimate of drug-likeness (QED) is 0.442. The van der Waals surface area contributed by atoms with E-state index in [0.29, 0.717) is 50.2 Å². The standard InChI is InChI=1S/C30H33N3O4/c1-22(25-11-8-12-26(21-25)32-30(36)23-9-4-2-5-10-23)31-29(35)24-15-18-33(19-16-24)28(34)17-20-37-27-13-6-3-7-14-27/h2-14,21-22,24H,15-20H2,1H3,(H,31,35)(H,32,36). The molecule has 3 amide bonds. The van der Waals surface area contributed by atoms with E-state index < -0.39 is 0 Å². The van der Waals surface area contributed by atoms with Gasteiger partial charge in [-0.1, -0.05) is 48.5 Å². The smallest absolute Gasteiger partial charge is 0.255 e. The second-order valence-corrected chi connectivity index (χ2v) is 9.24. The second-order valence-electron chi connectivity index (χ2n) is 9.24. The lowest BCUT2D eigenvalue weighted by molar-refractivity contribution is -0.136. The summed E-state index contributed by atoms with van der Waals surface area (Å²) in [5.74, 6) is 0.488. The number of para-hydroxylation sites is 1. The van der Waals surface area contributed by atoms with Crippen molar-refractivity contribution in [2.75, 3.05) is 25.0 Å². The molecular formula is C30H33N3O4. The van der Waals surface area contributed by atoms with Crippen LogP contribution in [0.25, 0.3) is 0 Å². The van der Waals surface area contributed by atoms with E-state index in [9.17, 15) is 14.4 Å². The molecule has 1 fully saturated rings. The van der Waals surface area contributed by atoms with Crippen LogP contribution in [0.4, 0.5) is 5.69 Å². The van der Waals surface area contributed by atoms with Gasteiger partial charge in [-0.2, -0.15) is 0 Å². The summed E-state index contributed by atoms with van der Waals surface area (Å²) in [7, 11) is 0. The molecule has 1 aliphatic rings. The van der Waals surface area contributed by atoms with Gasteiger partial charge in [0.1, 0.15) is 5.75 Å². The van der Waals surface area contributed by atoms with Crippen LogP contribution < -0.4 is 15.4 Å². The average molecular weight is 500 g/mol. The molecule has 4 rings (SSSR count). The van der Waals surface area contributed by atoms with Crippen molar-refractivity contribution in [1.82, 2.24) is 10.2 Å². The van der Waals surface area contributed by atoms with Gasteiger partial charge in [0.05, 0.1) is 19.1 Å². The van der Waals surface area contributed by atoms with Crippen molar-refractivity contribution >= 4 is 23.4 Å². The zero-order valence-corrected chi connectivity index (χ0v) is 21.1. The molecule has 192 valence electrons. The van der Waals surface area contributed by atoms with E-state index in [0.717, 1.165) is 11.3 Å². The molecule has 1 atom stereocenters. The Morgan fingerprint density at radius 3 is 2.30 bits per heavy atom. The normalized spacial score (nSPS) is 14.5. The number of ether oxygens (including phenoxy) is 1. The van der Waals surface area contributed by atoms with Crippen molar-refractivity contribution in [3.63, 3.8) is 0 Å². The van der Waals surface area contributed by atoms with E-state index in [1.807, 2.05) is 84.6 Å². The average Bonchev–Trinajstić information content (AvgIpc) is 2.94. The molecule has 37 heavy (non-hydrogen) atoms. The van der Waals surface area contributed by atoms with Crippen LogP contribution >= 0.6 is 0 Å². The number of nitrogens with zero attached hydrogens (tertiary/aromatic N) is 1. The maximum absolute atomic E-state index is 12.9. The summed E-state index contributed by atoms with van der Waals surface area (Å²) in [5, 5.41) is 6.01. The van der Waals surface area contributed by atoms with Crippen LogP contribution in [0.3, 0.4) is 0 Å². The van der Waals surface area contributed by atoms with Gasteiger partial charge in [0.25, 0.3) is 5.91 Å². The van der Waals surface area contributed by atoms with Gasteiger partial charge in [0.2, 0.25) is 11.8 Å². The zero-order valence-electron chi connectivity index (χ0n) is 21.1. The molecule has 0 radical (unpaired) electrons. The van der Waals surface area contributed by atoms with Crippen molar-refractivity contribution in [3.8, 4) is 5.75 Å². The van der Waals surface area contributed by atoms with E-state index in [2.05, 4.69) is 10.6 Å². The Morgan fingerprint density at radius 2 is 1.59 bits per heavy atom. The van der Waals surface area contributed by atoms with Crippen LogP contribution in [0.1, 0.15) is 48.1 Å². The highest BCUT2D eigenvalue weighted by Gasteiger charge is 2.28. The first-order valence-electron chi connectivity index (χ1n) is 12.7. The Labute approximate surface area is 217 Å². The fourth-order valence-electron chi connectivity index (χ4n) is 4.42. The third-order valence-electron chi connectivity index (χ3n) is 6.59. The summed E-state index contributed by atoms with van der Waals surface area (Å²) >= 11 is 0. The summed E-state index contributed by atoms with van der Waals surface area (Å²) in [6.45, 7) is 3.41. The molecule has 0 saturated carbocycles. The largest absolute Gasteiger partial charge is 0.493 e. The Kier molecular flexibility index (Phi) is 8.92. The number of hydrogen-bond donors (Lipinski definition) is 2. The summed E-state index contributed by atoms with van der Waals surface area (Å²) in [4.78, 5) is 39.8. The van der Waals surface area contributed by atoms with Crippen molar-refractivity contribution < 1.29 is 19.1 Å². The number of carbonyl (C=O) groups excluding carboxylic acids is 3. The minimum Gasteiger partial charge on any atom is -0.493 e. The van der Waals surface area contributed by atoms with Crippen molar-refractivity contribution in [2.45, 2.75) is 32.2 Å². The van der Waals surface area contributed by atoms with Crippen molar-refractivity contribution in [2.24, 2.45) is 5.92 Å². The molecule has 0 spiro atoms. The van der Waals surface area contributed by atoms with E-state index >= 15 is 0 Å². The monoisotopic (exact) mass is 499 g/mol. The number of carbonyl (C=O) groups is 3. The Hall–Kier alpha value is -4.13. The van der Waals surface area contributed by atoms with Gasteiger partial charge in [0.15, 0.2) is 0 Å². The third-order valence-corrected chi connectivity index (χ3v) is 6.59. The predicted molar refractivity (Wildman–Crippen MR) is 143 cm³/mol.